The molecule has 4 nitrogen and oxygen atoms in total. The molecule has 19 heavy (non-hydrogen) atoms. The van der Waals surface area contributed by atoms with Gasteiger partial charge in [0.1, 0.15) is 0 Å². The van der Waals surface area contributed by atoms with Crippen LogP contribution in [0.15, 0.2) is 0 Å². The highest BCUT2D eigenvalue weighted by atomic mass is 16.3. The lowest BCUT2D eigenvalue weighted by Gasteiger charge is -2.61. The lowest BCUT2D eigenvalue weighted by molar-refractivity contribution is -0.113. The first-order chi connectivity index (χ1) is 9.02. The van der Waals surface area contributed by atoms with E-state index in [0.29, 0.717) is 11.6 Å². The summed E-state index contributed by atoms with van der Waals surface area (Å²) in [6, 6.07) is 0.585. The number of likely N-dealkylation sites (N-methyl/N-ethyl adjacent to an activating group) is 1. The topological polar surface area (TPSA) is 30.0 Å². The van der Waals surface area contributed by atoms with Crippen LogP contribution in [0.25, 0.3) is 0 Å². The lowest BCUT2D eigenvalue weighted by atomic mass is 9.83. The highest BCUT2D eigenvalue weighted by Gasteiger charge is 2.55. The van der Waals surface area contributed by atoms with Crippen molar-refractivity contribution < 1.29 is 5.11 Å². The van der Waals surface area contributed by atoms with Gasteiger partial charge >= 0.3 is 0 Å². The maximum absolute atomic E-state index is 10.0. The van der Waals surface area contributed by atoms with Crippen molar-refractivity contribution in [2.45, 2.75) is 44.9 Å². The van der Waals surface area contributed by atoms with Gasteiger partial charge in [0.2, 0.25) is 0 Å². The molecule has 0 amide bonds. The van der Waals surface area contributed by atoms with E-state index in [0.717, 1.165) is 32.0 Å². The minimum absolute atomic E-state index is 0.100. The van der Waals surface area contributed by atoms with E-state index in [2.05, 4.69) is 35.5 Å². The summed E-state index contributed by atoms with van der Waals surface area (Å²) in [4.78, 5) is 7.82. The first-order valence-electron chi connectivity index (χ1n) is 7.92. The number of piperazine rings is 1. The van der Waals surface area contributed by atoms with Crippen LogP contribution in [0.5, 0.6) is 0 Å². The van der Waals surface area contributed by atoms with Crippen LogP contribution in [0, 0.1) is 5.92 Å². The molecule has 0 aliphatic carbocycles. The van der Waals surface area contributed by atoms with Gasteiger partial charge < -0.3 is 5.11 Å². The van der Waals surface area contributed by atoms with E-state index < -0.39 is 0 Å². The summed E-state index contributed by atoms with van der Waals surface area (Å²) in [5, 5.41) is 10.0. The second-order valence-electron chi connectivity index (χ2n) is 7.31. The highest BCUT2D eigenvalue weighted by Crippen LogP contribution is 2.38. The van der Waals surface area contributed by atoms with Crippen LogP contribution in [0.3, 0.4) is 0 Å². The molecule has 0 bridgehead atoms. The van der Waals surface area contributed by atoms with Crippen molar-refractivity contribution in [2.75, 3.05) is 45.8 Å². The molecule has 0 aromatic carbocycles. The van der Waals surface area contributed by atoms with Gasteiger partial charge in [-0.1, -0.05) is 20.8 Å². The van der Waals surface area contributed by atoms with Crippen LogP contribution >= 0.6 is 0 Å². The summed E-state index contributed by atoms with van der Waals surface area (Å²) in [6.45, 7) is 14.9. The van der Waals surface area contributed by atoms with E-state index in [4.69, 9.17) is 0 Å². The van der Waals surface area contributed by atoms with Gasteiger partial charge in [-0.3, -0.25) is 14.7 Å². The number of aliphatic hydroxyl groups is 1. The van der Waals surface area contributed by atoms with E-state index >= 15 is 0 Å². The Balaban J connectivity index is 1.73. The third-order valence-electron chi connectivity index (χ3n) is 5.09. The van der Waals surface area contributed by atoms with Crippen LogP contribution in [-0.4, -0.2) is 83.3 Å². The SMILES string of the molecule is CCN1CC2(CN(CC(C)C)CC3CC(O)CN32)C1. The van der Waals surface area contributed by atoms with Gasteiger partial charge in [0.15, 0.2) is 0 Å². The third-order valence-corrected chi connectivity index (χ3v) is 5.09. The second kappa shape index (κ2) is 4.99. The average Bonchev–Trinajstić information content (AvgIpc) is 2.64. The largest absolute Gasteiger partial charge is 0.392 e. The molecule has 0 aromatic heterocycles. The summed E-state index contributed by atoms with van der Waals surface area (Å²) in [6.07, 6.45) is 0.874. The number of fused-ring (bicyclic) bond motifs is 2. The normalized spacial score (nSPS) is 35.8. The summed E-state index contributed by atoms with van der Waals surface area (Å²) >= 11 is 0. The summed E-state index contributed by atoms with van der Waals surface area (Å²) in [7, 11) is 0. The van der Waals surface area contributed by atoms with Gasteiger partial charge in [0, 0.05) is 45.3 Å². The molecule has 110 valence electrons. The van der Waals surface area contributed by atoms with Crippen molar-refractivity contribution in [3.05, 3.63) is 0 Å². The Morgan fingerprint density at radius 3 is 2.47 bits per heavy atom. The molecule has 3 aliphatic rings. The van der Waals surface area contributed by atoms with Crippen LogP contribution < -0.4 is 0 Å². The molecule has 3 saturated heterocycles. The monoisotopic (exact) mass is 267 g/mol. The van der Waals surface area contributed by atoms with Gasteiger partial charge in [0.05, 0.1) is 11.6 Å². The number of aliphatic hydroxyl groups excluding tert-OH is 1. The van der Waals surface area contributed by atoms with E-state index in [9.17, 15) is 5.11 Å². The molecule has 3 aliphatic heterocycles. The average molecular weight is 267 g/mol. The molecule has 3 fully saturated rings. The predicted molar refractivity (Wildman–Crippen MR) is 77.2 cm³/mol. The van der Waals surface area contributed by atoms with Gasteiger partial charge in [-0.25, -0.2) is 0 Å². The number of likely N-dealkylation sites (tertiary alicyclic amines) is 1. The molecule has 0 radical (unpaired) electrons. The predicted octanol–water partition coefficient (Wildman–Crippen LogP) is 0.468. The molecule has 1 N–H and O–H groups in total. The minimum atomic E-state index is -0.100. The molecule has 1 spiro atoms. The van der Waals surface area contributed by atoms with Crippen molar-refractivity contribution in [1.82, 2.24) is 14.7 Å². The number of rotatable bonds is 3. The minimum Gasteiger partial charge on any atom is -0.392 e. The molecule has 2 atom stereocenters. The Morgan fingerprint density at radius 2 is 1.84 bits per heavy atom. The number of β-amino-alcohol motifs (C(OH)–C–C–N with tert-alkyl or cyclic N) is 1. The molecule has 2 unspecified atom stereocenters. The molecular formula is C15H29N3O. The van der Waals surface area contributed by atoms with Gasteiger partial charge in [0.25, 0.3) is 0 Å². The Kier molecular flexibility index (Phi) is 3.63. The van der Waals surface area contributed by atoms with Crippen molar-refractivity contribution in [3.63, 3.8) is 0 Å². The Hall–Kier alpha value is -0.160. The van der Waals surface area contributed by atoms with Crippen molar-refractivity contribution >= 4 is 0 Å². The maximum Gasteiger partial charge on any atom is 0.0682 e. The quantitative estimate of drug-likeness (QED) is 0.805. The molecule has 3 rings (SSSR count). The zero-order valence-electron chi connectivity index (χ0n) is 12.7. The summed E-state index contributed by atoms with van der Waals surface area (Å²) < 4.78 is 0. The standard InChI is InChI=1S/C15H29N3O/c1-4-16-9-15(10-16)11-17(6-12(2)3)7-13-5-14(19)8-18(13)15/h12-14,19H,4-11H2,1-3H3. The smallest absolute Gasteiger partial charge is 0.0682 e. The van der Waals surface area contributed by atoms with Crippen LogP contribution in [0.4, 0.5) is 0 Å². The molecule has 0 aromatic rings. The van der Waals surface area contributed by atoms with Crippen molar-refractivity contribution in [3.8, 4) is 0 Å². The lowest BCUT2D eigenvalue weighted by Crippen LogP contribution is -2.78. The first kappa shape index (κ1) is 13.8. The Bertz CT molecular complexity index is 327. The van der Waals surface area contributed by atoms with E-state index in [-0.39, 0.29) is 6.10 Å². The van der Waals surface area contributed by atoms with Crippen LogP contribution in [0.2, 0.25) is 0 Å². The molecular weight excluding hydrogens is 238 g/mol. The van der Waals surface area contributed by atoms with Gasteiger partial charge in [-0.15, -0.1) is 0 Å². The zero-order chi connectivity index (χ0) is 13.6. The number of hydrogen-bond donors (Lipinski definition) is 1. The van der Waals surface area contributed by atoms with E-state index in [1.54, 1.807) is 0 Å². The maximum atomic E-state index is 10.0. The zero-order valence-corrected chi connectivity index (χ0v) is 12.7. The number of nitrogens with zero attached hydrogens (tertiary/aromatic N) is 3. The van der Waals surface area contributed by atoms with E-state index in [1.165, 1.54) is 26.2 Å². The Morgan fingerprint density at radius 1 is 1.16 bits per heavy atom. The fourth-order valence-corrected chi connectivity index (χ4v) is 4.46. The fourth-order valence-electron chi connectivity index (χ4n) is 4.46. The second-order valence-corrected chi connectivity index (χ2v) is 7.31. The number of hydrogen-bond acceptors (Lipinski definition) is 4. The molecule has 4 heteroatoms. The van der Waals surface area contributed by atoms with Gasteiger partial charge in [-0.05, 0) is 18.9 Å². The Labute approximate surface area is 117 Å². The summed E-state index contributed by atoms with van der Waals surface area (Å²) in [5.74, 6) is 0.734. The van der Waals surface area contributed by atoms with Crippen LogP contribution in [0.1, 0.15) is 27.2 Å². The van der Waals surface area contributed by atoms with Crippen molar-refractivity contribution in [2.24, 2.45) is 5.92 Å². The van der Waals surface area contributed by atoms with Gasteiger partial charge in [-0.2, -0.15) is 0 Å². The van der Waals surface area contributed by atoms with Crippen molar-refractivity contribution in [1.29, 1.82) is 0 Å². The highest BCUT2D eigenvalue weighted by molar-refractivity contribution is 5.13. The molecule has 0 saturated carbocycles. The van der Waals surface area contributed by atoms with E-state index in [1.807, 2.05) is 0 Å². The molecule has 3 heterocycles. The first-order valence-corrected chi connectivity index (χ1v) is 7.92. The fraction of sp³-hybridized carbons (Fsp3) is 1.00. The van der Waals surface area contributed by atoms with Crippen LogP contribution in [-0.2, 0) is 0 Å². The third kappa shape index (κ3) is 2.44. The summed E-state index contributed by atoms with van der Waals surface area (Å²) in [5.41, 5.74) is 0.339.